The Labute approximate surface area is 95.4 Å². The van der Waals surface area contributed by atoms with Gasteiger partial charge >= 0.3 is 5.97 Å². The number of pyridine rings is 1. The molecule has 0 radical (unpaired) electrons. The molecule has 2 heterocycles. The number of aromatic nitrogens is 2. The van der Waals surface area contributed by atoms with Crippen molar-refractivity contribution in [3.8, 4) is 0 Å². The van der Waals surface area contributed by atoms with Crippen LogP contribution in [0.2, 0.25) is 5.15 Å². The Hall–Kier alpha value is -1.88. The van der Waals surface area contributed by atoms with Crippen molar-refractivity contribution < 1.29 is 14.3 Å². The average molecular weight is 239 g/mol. The zero-order valence-electron chi connectivity index (χ0n) is 8.07. The van der Waals surface area contributed by atoms with Crippen molar-refractivity contribution in [3.63, 3.8) is 0 Å². The number of H-pyrrole nitrogens is 1. The fourth-order valence-electron chi connectivity index (χ4n) is 1.38. The fraction of sp³-hybridized carbons (Fsp3) is 0.100. The third-order valence-corrected chi connectivity index (χ3v) is 2.39. The summed E-state index contributed by atoms with van der Waals surface area (Å²) < 4.78 is 4.69. The Kier molecular flexibility index (Phi) is 2.87. The molecule has 1 N–H and O–H groups in total. The first-order valence-electron chi connectivity index (χ1n) is 4.45. The lowest BCUT2D eigenvalue weighted by atomic mass is 10.2. The van der Waals surface area contributed by atoms with Gasteiger partial charge in [0.1, 0.15) is 6.61 Å². The highest BCUT2D eigenvalue weighted by Crippen LogP contribution is 2.23. The number of nitrogens with zero attached hydrogens (tertiary/aromatic N) is 1. The van der Waals surface area contributed by atoms with Crippen LogP contribution in [0.5, 0.6) is 0 Å². The molecular weight excluding hydrogens is 232 g/mol. The van der Waals surface area contributed by atoms with Gasteiger partial charge in [-0.05, 0) is 6.07 Å². The first kappa shape index (κ1) is 10.6. The molecule has 0 aliphatic carbocycles. The van der Waals surface area contributed by atoms with E-state index in [-0.39, 0.29) is 12.9 Å². The van der Waals surface area contributed by atoms with E-state index in [1.54, 1.807) is 18.5 Å². The summed E-state index contributed by atoms with van der Waals surface area (Å²) in [6.07, 6.45) is 3.35. The van der Waals surface area contributed by atoms with E-state index < -0.39 is 5.97 Å². The molecule has 16 heavy (non-hydrogen) atoms. The van der Waals surface area contributed by atoms with E-state index in [9.17, 15) is 9.59 Å². The molecule has 2 aromatic heterocycles. The first-order valence-corrected chi connectivity index (χ1v) is 4.82. The standard InChI is InChI=1S/C10H7ClN2O3/c11-10-9-7(1-2-12-10)6(3-13-9)5-16-8(15)4-14/h1-4,13H,5H2. The predicted molar refractivity (Wildman–Crippen MR) is 57.0 cm³/mol. The highest BCUT2D eigenvalue weighted by molar-refractivity contribution is 6.33. The van der Waals surface area contributed by atoms with Crippen LogP contribution in [-0.4, -0.2) is 22.2 Å². The molecular formula is C10H7ClN2O3. The lowest BCUT2D eigenvalue weighted by molar-refractivity contribution is -0.149. The van der Waals surface area contributed by atoms with Gasteiger partial charge in [0.25, 0.3) is 0 Å². The number of ether oxygens (including phenoxy) is 1. The Morgan fingerprint density at radius 3 is 3.19 bits per heavy atom. The third-order valence-electron chi connectivity index (χ3n) is 2.11. The summed E-state index contributed by atoms with van der Waals surface area (Å²) in [7, 11) is 0. The van der Waals surface area contributed by atoms with Gasteiger partial charge in [0, 0.05) is 23.3 Å². The number of halogens is 1. The molecule has 0 atom stereocenters. The van der Waals surface area contributed by atoms with Gasteiger partial charge in [-0.25, -0.2) is 9.78 Å². The topological polar surface area (TPSA) is 72.1 Å². The van der Waals surface area contributed by atoms with Gasteiger partial charge in [-0.1, -0.05) is 11.6 Å². The molecule has 0 saturated carbocycles. The number of aromatic amines is 1. The number of carbonyl (C=O) groups excluding carboxylic acids is 2. The Bertz CT molecular complexity index is 550. The maximum absolute atomic E-state index is 10.7. The predicted octanol–water partition coefficient (Wildman–Crippen LogP) is 1.46. The molecule has 2 rings (SSSR count). The van der Waals surface area contributed by atoms with Crippen LogP contribution in [0.1, 0.15) is 5.56 Å². The summed E-state index contributed by atoms with van der Waals surface area (Å²) in [5.41, 5.74) is 1.43. The van der Waals surface area contributed by atoms with Crippen LogP contribution in [0, 0.1) is 0 Å². The van der Waals surface area contributed by atoms with E-state index in [1.165, 1.54) is 0 Å². The Morgan fingerprint density at radius 1 is 1.62 bits per heavy atom. The number of esters is 1. The van der Waals surface area contributed by atoms with E-state index in [0.29, 0.717) is 10.7 Å². The summed E-state index contributed by atoms with van der Waals surface area (Å²) in [4.78, 5) is 27.6. The normalized spacial score (nSPS) is 10.3. The van der Waals surface area contributed by atoms with Gasteiger partial charge in [-0.2, -0.15) is 0 Å². The van der Waals surface area contributed by atoms with Crippen molar-refractivity contribution in [2.45, 2.75) is 6.61 Å². The number of nitrogens with one attached hydrogen (secondary N) is 1. The van der Waals surface area contributed by atoms with Crippen LogP contribution in [-0.2, 0) is 20.9 Å². The maximum Gasteiger partial charge on any atom is 0.371 e. The van der Waals surface area contributed by atoms with Gasteiger partial charge in [0.05, 0.1) is 5.52 Å². The monoisotopic (exact) mass is 238 g/mol. The highest BCUT2D eigenvalue weighted by atomic mass is 35.5. The van der Waals surface area contributed by atoms with Crippen molar-refractivity contribution in [1.29, 1.82) is 0 Å². The van der Waals surface area contributed by atoms with Gasteiger partial charge in [-0.3, -0.25) is 4.79 Å². The molecule has 0 bridgehead atoms. The largest absolute Gasteiger partial charge is 0.455 e. The van der Waals surface area contributed by atoms with Crippen molar-refractivity contribution in [3.05, 3.63) is 29.2 Å². The van der Waals surface area contributed by atoms with Crippen LogP contribution >= 0.6 is 11.6 Å². The van der Waals surface area contributed by atoms with Crippen LogP contribution in [0.15, 0.2) is 18.5 Å². The second-order valence-electron chi connectivity index (χ2n) is 3.06. The van der Waals surface area contributed by atoms with Gasteiger partial charge < -0.3 is 9.72 Å². The number of hydrogen-bond donors (Lipinski definition) is 1. The van der Waals surface area contributed by atoms with Crippen LogP contribution in [0.4, 0.5) is 0 Å². The molecule has 0 fully saturated rings. The number of hydrogen-bond acceptors (Lipinski definition) is 4. The van der Waals surface area contributed by atoms with E-state index in [1.807, 2.05) is 0 Å². The van der Waals surface area contributed by atoms with Crippen LogP contribution in [0.25, 0.3) is 10.9 Å². The van der Waals surface area contributed by atoms with E-state index in [4.69, 9.17) is 16.3 Å². The summed E-state index contributed by atoms with van der Waals surface area (Å²) in [6, 6.07) is 1.75. The molecule has 0 unspecified atom stereocenters. The van der Waals surface area contributed by atoms with Crippen molar-refractivity contribution in [2.75, 3.05) is 0 Å². The summed E-state index contributed by atoms with van der Waals surface area (Å²) >= 11 is 5.85. The van der Waals surface area contributed by atoms with Crippen molar-refractivity contribution in [1.82, 2.24) is 9.97 Å². The molecule has 5 nitrogen and oxygen atoms in total. The Balaban J connectivity index is 2.28. The fourth-order valence-corrected chi connectivity index (χ4v) is 1.59. The maximum atomic E-state index is 10.7. The SMILES string of the molecule is O=CC(=O)OCc1c[nH]c2c(Cl)nccc12. The smallest absolute Gasteiger partial charge is 0.371 e. The van der Waals surface area contributed by atoms with E-state index >= 15 is 0 Å². The minimum atomic E-state index is -0.894. The summed E-state index contributed by atoms with van der Waals surface area (Å²) in [5.74, 6) is -0.894. The molecule has 0 aliphatic heterocycles. The molecule has 0 saturated heterocycles. The second-order valence-corrected chi connectivity index (χ2v) is 3.42. The van der Waals surface area contributed by atoms with Crippen molar-refractivity contribution in [2.24, 2.45) is 0 Å². The quantitative estimate of drug-likeness (QED) is 0.380. The Morgan fingerprint density at radius 2 is 2.44 bits per heavy atom. The molecule has 82 valence electrons. The highest BCUT2D eigenvalue weighted by Gasteiger charge is 2.08. The van der Waals surface area contributed by atoms with Gasteiger partial charge in [0.2, 0.25) is 6.29 Å². The molecule has 0 amide bonds. The van der Waals surface area contributed by atoms with E-state index in [2.05, 4.69) is 9.97 Å². The van der Waals surface area contributed by atoms with Gasteiger partial charge in [0.15, 0.2) is 5.15 Å². The molecule has 6 heteroatoms. The molecule has 0 spiro atoms. The lowest BCUT2D eigenvalue weighted by Crippen LogP contribution is -2.04. The number of fused-ring (bicyclic) bond motifs is 1. The zero-order valence-corrected chi connectivity index (χ0v) is 8.82. The summed E-state index contributed by atoms with van der Waals surface area (Å²) in [5, 5.41) is 1.17. The zero-order chi connectivity index (χ0) is 11.5. The minimum Gasteiger partial charge on any atom is -0.455 e. The molecule has 2 aromatic rings. The lowest BCUT2D eigenvalue weighted by Gasteiger charge is -1.99. The van der Waals surface area contributed by atoms with Crippen LogP contribution < -0.4 is 0 Å². The van der Waals surface area contributed by atoms with Crippen LogP contribution in [0.3, 0.4) is 0 Å². The van der Waals surface area contributed by atoms with E-state index in [0.717, 1.165) is 10.9 Å². The summed E-state index contributed by atoms with van der Waals surface area (Å²) in [6.45, 7) is 0.0257. The average Bonchev–Trinajstić information content (AvgIpc) is 2.70. The first-order chi connectivity index (χ1) is 7.72. The molecule has 0 aromatic carbocycles. The third kappa shape index (κ3) is 1.90. The molecule has 0 aliphatic rings. The number of rotatable bonds is 3. The van der Waals surface area contributed by atoms with Gasteiger partial charge in [-0.15, -0.1) is 0 Å². The minimum absolute atomic E-state index is 0.0257. The number of carbonyl (C=O) groups is 2. The second kappa shape index (κ2) is 4.32. The van der Waals surface area contributed by atoms with Crippen molar-refractivity contribution >= 4 is 34.8 Å². The number of aldehydes is 1.